The van der Waals surface area contributed by atoms with Gasteiger partial charge in [0.05, 0.1) is 0 Å². The molecule has 0 bridgehead atoms. The average Bonchev–Trinajstić information content (AvgIpc) is 2.60. The number of halogens is 1. The number of nitrogens with one attached hydrogen (secondary N) is 3. The molecular weight excluding hydrogens is 386 g/mol. The number of hydrogen-bond donors (Lipinski definition) is 3. The molecule has 6 nitrogen and oxygen atoms in total. The molecule has 130 valence electrons. The summed E-state index contributed by atoms with van der Waals surface area (Å²) in [6.45, 7) is 1.98. The van der Waals surface area contributed by atoms with Crippen LogP contribution in [-0.4, -0.2) is 24.3 Å². The summed E-state index contributed by atoms with van der Waals surface area (Å²) in [6.07, 6.45) is 0.0519. The standard InChI is InChI=1S/C18H18BrN3O3/c1-12-4-2-3-5-15(12)18(25)22-21-16(23)10-11-20-17(24)13-6-8-14(19)9-7-13/h2-9H,10-11H2,1H3,(H,20,24)(H,21,23)(H,22,25). The van der Waals surface area contributed by atoms with E-state index in [1.807, 2.05) is 19.1 Å². The molecule has 2 aromatic carbocycles. The smallest absolute Gasteiger partial charge is 0.269 e. The van der Waals surface area contributed by atoms with Crippen molar-refractivity contribution in [2.45, 2.75) is 13.3 Å². The number of benzene rings is 2. The lowest BCUT2D eigenvalue weighted by molar-refractivity contribution is -0.121. The first kappa shape index (κ1) is 18.7. The van der Waals surface area contributed by atoms with Crippen molar-refractivity contribution in [3.05, 3.63) is 69.7 Å². The Bertz CT molecular complexity index is 775. The lowest BCUT2D eigenvalue weighted by Crippen LogP contribution is -2.43. The van der Waals surface area contributed by atoms with Crippen LogP contribution < -0.4 is 16.2 Å². The third-order valence-electron chi connectivity index (χ3n) is 3.45. The Morgan fingerprint density at radius 3 is 2.28 bits per heavy atom. The predicted octanol–water partition coefficient (Wildman–Crippen LogP) is 2.34. The third-order valence-corrected chi connectivity index (χ3v) is 3.98. The minimum Gasteiger partial charge on any atom is -0.352 e. The summed E-state index contributed by atoms with van der Waals surface area (Å²) in [5.41, 5.74) is 6.51. The molecule has 0 atom stereocenters. The molecule has 7 heteroatoms. The number of hydrogen-bond acceptors (Lipinski definition) is 3. The van der Waals surface area contributed by atoms with Crippen LogP contribution in [0.5, 0.6) is 0 Å². The van der Waals surface area contributed by atoms with Crippen LogP contribution in [0.15, 0.2) is 53.0 Å². The summed E-state index contributed by atoms with van der Waals surface area (Å²) in [7, 11) is 0. The lowest BCUT2D eigenvalue weighted by atomic mass is 10.1. The van der Waals surface area contributed by atoms with Crippen LogP contribution in [0.4, 0.5) is 0 Å². The van der Waals surface area contributed by atoms with Crippen molar-refractivity contribution in [2.75, 3.05) is 6.54 Å². The molecule has 2 aromatic rings. The first-order chi connectivity index (χ1) is 12.0. The summed E-state index contributed by atoms with van der Waals surface area (Å²) in [5.74, 6) is -1.03. The Labute approximate surface area is 154 Å². The first-order valence-electron chi connectivity index (χ1n) is 7.66. The monoisotopic (exact) mass is 403 g/mol. The molecule has 0 saturated heterocycles. The third kappa shape index (κ3) is 5.72. The van der Waals surface area contributed by atoms with E-state index >= 15 is 0 Å². The van der Waals surface area contributed by atoms with Crippen molar-refractivity contribution in [2.24, 2.45) is 0 Å². The second kappa shape index (κ2) is 8.98. The SMILES string of the molecule is Cc1ccccc1C(=O)NNC(=O)CCNC(=O)c1ccc(Br)cc1. The van der Waals surface area contributed by atoms with Gasteiger partial charge in [0.25, 0.3) is 11.8 Å². The Morgan fingerprint density at radius 1 is 0.920 bits per heavy atom. The molecule has 0 aliphatic rings. The van der Waals surface area contributed by atoms with E-state index in [1.165, 1.54) is 0 Å². The Hall–Kier alpha value is -2.67. The Morgan fingerprint density at radius 2 is 1.60 bits per heavy atom. The molecule has 0 saturated carbocycles. The second-order valence-corrected chi connectivity index (χ2v) is 6.25. The number of carbonyl (C=O) groups is 3. The number of rotatable bonds is 5. The van der Waals surface area contributed by atoms with Gasteiger partial charge in [-0.05, 0) is 42.8 Å². The van der Waals surface area contributed by atoms with Crippen LogP contribution in [0.25, 0.3) is 0 Å². The van der Waals surface area contributed by atoms with E-state index in [2.05, 4.69) is 32.1 Å². The highest BCUT2D eigenvalue weighted by atomic mass is 79.9. The largest absolute Gasteiger partial charge is 0.352 e. The summed E-state index contributed by atoms with van der Waals surface area (Å²) in [5, 5.41) is 2.65. The molecule has 0 unspecified atom stereocenters. The molecule has 3 amide bonds. The van der Waals surface area contributed by atoms with Crippen LogP contribution in [-0.2, 0) is 4.79 Å². The first-order valence-corrected chi connectivity index (χ1v) is 8.45. The highest BCUT2D eigenvalue weighted by Crippen LogP contribution is 2.10. The van der Waals surface area contributed by atoms with Gasteiger partial charge in [0.2, 0.25) is 5.91 Å². The quantitative estimate of drug-likeness (QED) is 0.669. The van der Waals surface area contributed by atoms with Crippen LogP contribution in [0.3, 0.4) is 0 Å². The van der Waals surface area contributed by atoms with Gasteiger partial charge in [0.1, 0.15) is 0 Å². The van der Waals surface area contributed by atoms with Gasteiger partial charge in [-0.1, -0.05) is 34.1 Å². The molecule has 0 aliphatic carbocycles. The second-order valence-electron chi connectivity index (χ2n) is 5.33. The molecule has 3 N–H and O–H groups in total. The van der Waals surface area contributed by atoms with Crippen LogP contribution in [0.1, 0.15) is 32.7 Å². The van der Waals surface area contributed by atoms with Crippen LogP contribution in [0.2, 0.25) is 0 Å². The fourth-order valence-corrected chi connectivity index (χ4v) is 2.34. The van der Waals surface area contributed by atoms with Gasteiger partial charge in [-0.2, -0.15) is 0 Å². The van der Waals surface area contributed by atoms with E-state index in [9.17, 15) is 14.4 Å². The molecular formula is C18H18BrN3O3. The van der Waals surface area contributed by atoms with E-state index in [4.69, 9.17) is 0 Å². The summed E-state index contributed by atoms with van der Waals surface area (Å²) in [4.78, 5) is 35.6. The van der Waals surface area contributed by atoms with Crippen LogP contribution in [0, 0.1) is 6.92 Å². The van der Waals surface area contributed by atoms with Gasteiger partial charge in [0, 0.05) is 28.6 Å². The summed E-state index contributed by atoms with van der Waals surface area (Å²) in [6, 6.07) is 14.0. The Balaban J connectivity index is 1.72. The average molecular weight is 404 g/mol. The molecule has 25 heavy (non-hydrogen) atoms. The van der Waals surface area contributed by atoms with E-state index in [0.717, 1.165) is 10.0 Å². The normalized spacial score (nSPS) is 10.0. The number of aryl methyl sites for hydroxylation is 1. The lowest BCUT2D eigenvalue weighted by Gasteiger charge is -2.09. The Kier molecular flexibility index (Phi) is 6.71. The number of carbonyl (C=O) groups excluding carboxylic acids is 3. The van der Waals surface area contributed by atoms with Crippen molar-refractivity contribution >= 4 is 33.7 Å². The molecule has 2 rings (SSSR count). The summed E-state index contributed by atoms with van der Waals surface area (Å²) >= 11 is 3.30. The highest BCUT2D eigenvalue weighted by Gasteiger charge is 2.10. The molecule has 0 radical (unpaired) electrons. The van der Waals surface area contributed by atoms with Crippen LogP contribution >= 0.6 is 15.9 Å². The fourth-order valence-electron chi connectivity index (χ4n) is 2.08. The predicted molar refractivity (Wildman–Crippen MR) is 97.9 cm³/mol. The number of hydrazine groups is 1. The fraction of sp³-hybridized carbons (Fsp3) is 0.167. The van der Waals surface area contributed by atoms with E-state index in [-0.39, 0.29) is 24.8 Å². The topological polar surface area (TPSA) is 87.3 Å². The maximum Gasteiger partial charge on any atom is 0.269 e. The minimum absolute atomic E-state index is 0.0519. The van der Waals surface area contributed by atoms with Gasteiger partial charge >= 0.3 is 0 Å². The maximum absolute atomic E-state index is 12.0. The minimum atomic E-state index is -0.391. The zero-order valence-electron chi connectivity index (χ0n) is 13.6. The molecule has 0 aromatic heterocycles. The zero-order valence-corrected chi connectivity index (χ0v) is 15.2. The molecule has 0 aliphatic heterocycles. The van der Waals surface area contributed by atoms with Gasteiger partial charge in [0.15, 0.2) is 0 Å². The molecule has 0 spiro atoms. The van der Waals surface area contributed by atoms with E-state index in [1.54, 1.807) is 36.4 Å². The maximum atomic E-state index is 12.0. The van der Waals surface area contributed by atoms with Gasteiger partial charge in [-0.15, -0.1) is 0 Å². The van der Waals surface area contributed by atoms with Crippen molar-refractivity contribution in [1.29, 1.82) is 0 Å². The van der Waals surface area contributed by atoms with Gasteiger partial charge in [-0.25, -0.2) is 0 Å². The zero-order chi connectivity index (χ0) is 18.2. The van der Waals surface area contributed by atoms with Crippen molar-refractivity contribution in [3.63, 3.8) is 0 Å². The molecule has 0 fully saturated rings. The van der Waals surface area contributed by atoms with Crippen molar-refractivity contribution in [3.8, 4) is 0 Å². The van der Waals surface area contributed by atoms with Gasteiger partial charge in [-0.3, -0.25) is 25.2 Å². The van der Waals surface area contributed by atoms with E-state index < -0.39 is 5.91 Å². The van der Waals surface area contributed by atoms with Gasteiger partial charge < -0.3 is 5.32 Å². The van der Waals surface area contributed by atoms with Crippen molar-refractivity contribution < 1.29 is 14.4 Å². The summed E-state index contributed by atoms with van der Waals surface area (Å²) < 4.78 is 0.882. The number of amides is 3. The molecule has 0 heterocycles. The van der Waals surface area contributed by atoms with Crippen molar-refractivity contribution in [1.82, 2.24) is 16.2 Å². The van der Waals surface area contributed by atoms with E-state index in [0.29, 0.717) is 11.1 Å². The highest BCUT2D eigenvalue weighted by molar-refractivity contribution is 9.10.